The maximum atomic E-state index is 13.0. The lowest BCUT2D eigenvalue weighted by atomic mass is 9.94. The fraction of sp³-hybridized carbons (Fsp3) is 0.898. The zero-order valence-electron chi connectivity index (χ0n) is 37.7. The third-order valence-electron chi connectivity index (χ3n) is 11.8. The molecule has 0 N–H and O–H groups in total. The highest BCUT2D eigenvalue weighted by Gasteiger charge is 2.20. The first-order valence-electron chi connectivity index (χ1n) is 24.6. The normalized spacial score (nSPS) is 12.7. The monoisotopic (exact) mass is 788 g/mol. The molecule has 2 atom stereocenters. The second kappa shape index (κ2) is 39.9. The minimum atomic E-state index is 0.0596. The van der Waals surface area contributed by atoms with Crippen LogP contribution >= 0.6 is 0 Å². The Balaban J connectivity index is 2.36. The molecule has 328 valence electrons. The third kappa shape index (κ3) is 31.1. The Morgan fingerprint density at radius 2 is 0.839 bits per heavy atom. The maximum absolute atomic E-state index is 13.0. The largest absolute Gasteiger partial charge is 0.465 e. The van der Waals surface area contributed by atoms with Gasteiger partial charge in [0.05, 0.1) is 31.4 Å². The molecule has 1 heterocycles. The molecule has 7 heteroatoms. The smallest absolute Gasteiger partial charge is 0.308 e. The average Bonchev–Trinajstić information content (AvgIpc) is 3.73. The van der Waals surface area contributed by atoms with Crippen LogP contribution in [-0.2, 0) is 25.6 Å². The second-order valence-corrected chi connectivity index (χ2v) is 17.0. The first-order valence-corrected chi connectivity index (χ1v) is 24.6. The summed E-state index contributed by atoms with van der Waals surface area (Å²) in [7, 11) is 0. The van der Waals surface area contributed by atoms with Crippen LogP contribution in [0.5, 0.6) is 0 Å². The molecule has 1 rings (SSSR count). The highest BCUT2D eigenvalue weighted by Crippen LogP contribution is 2.22. The van der Waals surface area contributed by atoms with Crippen molar-refractivity contribution >= 4 is 11.9 Å². The summed E-state index contributed by atoms with van der Waals surface area (Å²) < 4.78 is 13.9. The van der Waals surface area contributed by atoms with Gasteiger partial charge in [-0.25, -0.2) is 4.98 Å². The summed E-state index contributed by atoms with van der Waals surface area (Å²) in [6, 6.07) is 0. The predicted octanol–water partition coefficient (Wildman–Crippen LogP) is 14.1. The van der Waals surface area contributed by atoms with Gasteiger partial charge in [0.2, 0.25) is 0 Å². The average molecular weight is 788 g/mol. The molecule has 0 fully saturated rings. The minimum Gasteiger partial charge on any atom is -0.465 e. The molecule has 1 unspecified atom stereocenters. The van der Waals surface area contributed by atoms with Gasteiger partial charge in [0, 0.05) is 25.5 Å². The SMILES string of the molecule is CCCCCCCCC(CCCCCC)C(=O)OCCCCCCN(CCCCCCOC(=O)[C@@H](CCCCCC)CCCCCCCC)CCn1ccnc1. The molecule has 56 heavy (non-hydrogen) atoms. The Bertz CT molecular complexity index is 913. The first kappa shape index (κ1) is 52.1. The standard InChI is InChI=1S/C49H93N3O4/c1-5-9-13-17-19-27-35-46(33-25-15-11-7-3)48(53)55-43-31-23-21-29-38-51(41-42-52-40-37-50-45-52)39-30-22-24-32-44-56-49(54)47(34-26-16-12-8-4)36-28-20-18-14-10-6-2/h37,40,45-47H,5-36,38-39,41-44H2,1-4H3/t46-,47?/m0/s1. The van der Waals surface area contributed by atoms with Crippen molar-refractivity contribution in [2.24, 2.45) is 11.8 Å². The minimum absolute atomic E-state index is 0.0596. The van der Waals surface area contributed by atoms with Crippen LogP contribution in [0.4, 0.5) is 0 Å². The number of hydrogen-bond donors (Lipinski definition) is 0. The molecule has 0 amide bonds. The summed E-state index contributed by atoms with van der Waals surface area (Å²) in [5, 5.41) is 0. The van der Waals surface area contributed by atoms with Gasteiger partial charge < -0.3 is 18.9 Å². The van der Waals surface area contributed by atoms with Crippen LogP contribution in [-0.4, -0.2) is 59.2 Å². The van der Waals surface area contributed by atoms with Crippen LogP contribution in [0.3, 0.4) is 0 Å². The fourth-order valence-corrected chi connectivity index (χ4v) is 7.91. The van der Waals surface area contributed by atoms with Crippen molar-refractivity contribution in [1.29, 1.82) is 0 Å². The van der Waals surface area contributed by atoms with E-state index >= 15 is 0 Å². The number of unbranched alkanes of at least 4 members (excludes halogenated alkanes) is 22. The van der Waals surface area contributed by atoms with E-state index in [4.69, 9.17) is 9.47 Å². The van der Waals surface area contributed by atoms with Gasteiger partial charge >= 0.3 is 11.9 Å². The molecule has 1 aromatic rings. The topological polar surface area (TPSA) is 73.7 Å². The third-order valence-corrected chi connectivity index (χ3v) is 11.8. The molecule has 0 saturated carbocycles. The molecule has 7 nitrogen and oxygen atoms in total. The molecule has 0 aliphatic carbocycles. The molecular weight excluding hydrogens is 695 g/mol. The summed E-state index contributed by atoms with van der Waals surface area (Å²) in [5.74, 6) is 0.303. The van der Waals surface area contributed by atoms with Crippen LogP contribution in [0.2, 0.25) is 0 Å². The quantitative estimate of drug-likeness (QED) is 0.0485. The van der Waals surface area contributed by atoms with Crippen molar-refractivity contribution < 1.29 is 19.1 Å². The lowest BCUT2D eigenvalue weighted by Crippen LogP contribution is -2.29. The summed E-state index contributed by atoms with van der Waals surface area (Å²) in [5.41, 5.74) is 0. The molecule has 0 aliphatic rings. The van der Waals surface area contributed by atoms with E-state index in [0.717, 1.165) is 103 Å². The van der Waals surface area contributed by atoms with Crippen molar-refractivity contribution in [2.45, 2.75) is 240 Å². The number of ether oxygens (including phenoxy) is 2. The van der Waals surface area contributed by atoms with E-state index in [1.807, 2.05) is 18.7 Å². The van der Waals surface area contributed by atoms with Crippen LogP contribution in [0.25, 0.3) is 0 Å². The van der Waals surface area contributed by atoms with Crippen molar-refractivity contribution in [3.63, 3.8) is 0 Å². The maximum Gasteiger partial charge on any atom is 0.308 e. The molecular formula is C49H93N3O4. The number of aromatic nitrogens is 2. The molecule has 1 aromatic heterocycles. The Kier molecular flexibility index (Phi) is 37.2. The van der Waals surface area contributed by atoms with E-state index in [1.165, 1.54) is 128 Å². The van der Waals surface area contributed by atoms with Crippen molar-refractivity contribution in [1.82, 2.24) is 14.5 Å². The zero-order valence-corrected chi connectivity index (χ0v) is 37.7. The number of esters is 2. The predicted molar refractivity (Wildman–Crippen MR) is 238 cm³/mol. The van der Waals surface area contributed by atoms with Gasteiger partial charge in [0.15, 0.2) is 0 Å². The molecule has 0 saturated heterocycles. The number of hydrogen-bond acceptors (Lipinski definition) is 6. The molecule has 0 aliphatic heterocycles. The van der Waals surface area contributed by atoms with E-state index in [9.17, 15) is 9.59 Å². The fourth-order valence-electron chi connectivity index (χ4n) is 7.91. The Hall–Kier alpha value is -1.89. The number of rotatable bonds is 43. The highest BCUT2D eigenvalue weighted by atomic mass is 16.5. The van der Waals surface area contributed by atoms with Crippen LogP contribution in [0, 0.1) is 11.8 Å². The molecule has 0 aromatic carbocycles. The zero-order chi connectivity index (χ0) is 40.6. The lowest BCUT2D eigenvalue weighted by Gasteiger charge is -2.22. The Labute approximate surface area is 347 Å². The summed E-state index contributed by atoms with van der Waals surface area (Å²) in [6.45, 7) is 14.3. The number of carbonyl (C=O) groups is 2. The van der Waals surface area contributed by atoms with Crippen molar-refractivity contribution in [3.05, 3.63) is 18.7 Å². The van der Waals surface area contributed by atoms with E-state index in [0.29, 0.717) is 13.2 Å². The van der Waals surface area contributed by atoms with Gasteiger partial charge in [-0.1, -0.05) is 182 Å². The Morgan fingerprint density at radius 3 is 1.23 bits per heavy atom. The van der Waals surface area contributed by atoms with Crippen molar-refractivity contribution in [3.8, 4) is 0 Å². The number of imidazole rings is 1. The van der Waals surface area contributed by atoms with E-state index < -0.39 is 0 Å². The summed E-state index contributed by atoms with van der Waals surface area (Å²) >= 11 is 0. The number of carbonyl (C=O) groups excluding carboxylic acids is 2. The van der Waals surface area contributed by atoms with Gasteiger partial charge in [0.1, 0.15) is 0 Å². The van der Waals surface area contributed by atoms with Gasteiger partial charge in [-0.3, -0.25) is 9.59 Å². The van der Waals surface area contributed by atoms with Gasteiger partial charge in [-0.05, 0) is 64.5 Å². The number of nitrogens with zero attached hydrogens (tertiary/aromatic N) is 3. The van der Waals surface area contributed by atoms with Gasteiger partial charge in [0.25, 0.3) is 0 Å². The lowest BCUT2D eigenvalue weighted by molar-refractivity contribution is -0.150. The first-order chi connectivity index (χ1) is 27.5. The van der Waals surface area contributed by atoms with E-state index in [-0.39, 0.29) is 23.8 Å². The van der Waals surface area contributed by atoms with E-state index in [2.05, 4.69) is 42.1 Å². The summed E-state index contributed by atoms with van der Waals surface area (Å²) in [6.07, 6.45) is 43.6. The van der Waals surface area contributed by atoms with Crippen LogP contribution in [0.15, 0.2) is 18.7 Å². The van der Waals surface area contributed by atoms with E-state index in [1.54, 1.807) is 0 Å². The van der Waals surface area contributed by atoms with Gasteiger partial charge in [-0.2, -0.15) is 0 Å². The Morgan fingerprint density at radius 1 is 0.482 bits per heavy atom. The molecule has 0 bridgehead atoms. The van der Waals surface area contributed by atoms with Crippen LogP contribution < -0.4 is 0 Å². The van der Waals surface area contributed by atoms with Gasteiger partial charge in [-0.15, -0.1) is 0 Å². The highest BCUT2D eigenvalue weighted by molar-refractivity contribution is 5.72. The molecule has 0 radical (unpaired) electrons. The summed E-state index contributed by atoms with van der Waals surface area (Å²) in [4.78, 5) is 32.9. The van der Waals surface area contributed by atoms with Crippen molar-refractivity contribution in [2.75, 3.05) is 32.8 Å². The molecule has 0 spiro atoms. The second-order valence-electron chi connectivity index (χ2n) is 17.0. The van der Waals surface area contributed by atoms with Crippen LogP contribution in [0.1, 0.15) is 233 Å².